The Morgan fingerprint density at radius 3 is 2.71 bits per heavy atom. The van der Waals surface area contributed by atoms with Crippen molar-refractivity contribution in [3.8, 4) is 0 Å². The van der Waals surface area contributed by atoms with E-state index in [-0.39, 0.29) is 11.6 Å². The van der Waals surface area contributed by atoms with Gasteiger partial charge in [0.2, 0.25) is 0 Å². The summed E-state index contributed by atoms with van der Waals surface area (Å²) in [6.45, 7) is 1.71. The normalized spacial score (nSPS) is 15.9. The first-order chi connectivity index (χ1) is 6.68. The van der Waals surface area contributed by atoms with Gasteiger partial charge in [-0.1, -0.05) is 12.1 Å². The van der Waals surface area contributed by atoms with E-state index in [9.17, 15) is 9.18 Å². The summed E-state index contributed by atoms with van der Waals surface area (Å²) in [4.78, 5) is 11.4. The van der Waals surface area contributed by atoms with Gasteiger partial charge in [0, 0.05) is 12.0 Å². The molecule has 2 heteroatoms. The second-order valence-electron chi connectivity index (χ2n) is 3.54. The zero-order valence-electron chi connectivity index (χ0n) is 8.01. The molecule has 72 valence electrons. The standard InChI is InChI=1S/C12H11FO/c1-8-7-9(5-6-11(8)13)10-3-2-4-12(10)14/h3,5-7H,2,4H2,1H3. The molecule has 0 bridgehead atoms. The SMILES string of the molecule is Cc1cc(C2=CCCC2=O)ccc1F. The lowest BCUT2D eigenvalue weighted by Gasteiger charge is -2.03. The van der Waals surface area contributed by atoms with Gasteiger partial charge in [-0.15, -0.1) is 0 Å². The molecule has 2 rings (SSSR count). The monoisotopic (exact) mass is 190 g/mol. The first-order valence-corrected chi connectivity index (χ1v) is 4.68. The fourth-order valence-corrected chi connectivity index (χ4v) is 1.69. The molecule has 1 nitrogen and oxygen atoms in total. The molecule has 0 radical (unpaired) electrons. The van der Waals surface area contributed by atoms with Crippen LogP contribution in [0.3, 0.4) is 0 Å². The van der Waals surface area contributed by atoms with Gasteiger partial charge in [0.05, 0.1) is 0 Å². The van der Waals surface area contributed by atoms with Crippen LogP contribution in [0.15, 0.2) is 24.3 Å². The van der Waals surface area contributed by atoms with Gasteiger partial charge < -0.3 is 0 Å². The van der Waals surface area contributed by atoms with E-state index in [0.29, 0.717) is 12.0 Å². The van der Waals surface area contributed by atoms with Gasteiger partial charge in [0.1, 0.15) is 5.82 Å². The molecule has 0 heterocycles. The molecule has 0 aromatic heterocycles. The van der Waals surface area contributed by atoms with Crippen LogP contribution in [0.4, 0.5) is 4.39 Å². The summed E-state index contributed by atoms with van der Waals surface area (Å²) in [5, 5.41) is 0. The molecule has 0 atom stereocenters. The van der Waals surface area contributed by atoms with Crippen LogP contribution in [0, 0.1) is 12.7 Å². The number of ketones is 1. The third kappa shape index (κ3) is 1.48. The van der Waals surface area contributed by atoms with Gasteiger partial charge >= 0.3 is 0 Å². The lowest BCUT2D eigenvalue weighted by molar-refractivity contribution is -0.113. The minimum atomic E-state index is -0.222. The van der Waals surface area contributed by atoms with Crippen LogP contribution in [-0.4, -0.2) is 5.78 Å². The zero-order chi connectivity index (χ0) is 10.1. The number of benzene rings is 1. The fraction of sp³-hybridized carbons (Fsp3) is 0.250. The van der Waals surface area contributed by atoms with E-state index in [2.05, 4.69) is 0 Å². The van der Waals surface area contributed by atoms with E-state index in [1.54, 1.807) is 19.1 Å². The number of carbonyl (C=O) groups excluding carboxylic acids is 1. The second-order valence-corrected chi connectivity index (χ2v) is 3.54. The molecule has 0 saturated carbocycles. The van der Waals surface area contributed by atoms with E-state index in [1.807, 2.05) is 6.08 Å². The fourth-order valence-electron chi connectivity index (χ4n) is 1.69. The summed E-state index contributed by atoms with van der Waals surface area (Å²) in [6, 6.07) is 4.80. The summed E-state index contributed by atoms with van der Waals surface area (Å²) < 4.78 is 13.0. The van der Waals surface area contributed by atoms with Crippen molar-refractivity contribution in [2.45, 2.75) is 19.8 Å². The van der Waals surface area contributed by atoms with Crippen molar-refractivity contribution >= 4 is 11.4 Å². The van der Waals surface area contributed by atoms with Crippen molar-refractivity contribution < 1.29 is 9.18 Å². The van der Waals surface area contributed by atoms with Crippen LogP contribution in [0.1, 0.15) is 24.0 Å². The molecule has 0 unspecified atom stereocenters. The number of hydrogen-bond acceptors (Lipinski definition) is 1. The van der Waals surface area contributed by atoms with Crippen LogP contribution >= 0.6 is 0 Å². The molecule has 1 aliphatic rings. The highest BCUT2D eigenvalue weighted by Gasteiger charge is 2.16. The van der Waals surface area contributed by atoms with E-state index >= 15 is 0 Å². The molecular formula is C12H11FO. The first-order valence-electron chi connectivity index (χ1n) is 4.68. The number of hydrogen-bond donors (Lipinski definition) is 0. The lowest BCUT2D eigenvalue weighted by Crippen LogP contribution is -1.96. The predicted molar refractivity (Wildman–Crippen MR) is 53.4 cm³/mol. The highest BCUT2D eigenvalue weighted by molar-refractivity contribution is 6.22. The number of allylic oxidation sites excluding steroid dienone is 2. The molecule has 1 aromatic carbocycles. The summed E-state index contributed by atoms with van der Waals surface area (Å²) in [7, 11) is 0. The quantitative estimate of drug-likeness (QED) is 0.665. The maximum absolute atomic E-state index is 13.0. The molecule has 0 fully saturated rings. The first kappa shape index (κ1) is 9.13. The number of carbonyl (C=O) groups is 1. The topological polar surface area (TPSA) is 17.1 Å². The van der Waals surface area contributed by atoms with Crippen LogP contribution < -0.4 is 0 Å². The highest BCUT2D eigenvalue weighted by Crippen LogP contribution is 2.25. The Kier molecular flexibility index (Phi) is 2.20. The predicted octanol–water partition coefficient (Wildman–Crippen LogP) is 2.88. The molecule has 0 saturated heterocycles. The third-order valence-electron chi connectivity index (χ3n) is 2.49. The number of aryl methyl sites for hydroxylation is 1. The van der Waals surface area contributed by atoms with Gasteiger partial charge in [0.25, 0.3) is 0 Å². The van der Waals surface area contributed by atoms with Crippen molar-refractivity contribution in [3.05, 3.63) is 41.2 Å². The van der Waals surface area contributed by atoms with Crippen molar-refractivity contribution in [1.82, 2.24) is 0 Å². The molecule has 1 aromatic rings. The summed E-state index contributed by atoms with van der Waals surface area (Å²) >= 11 is 0. The van der Waals surface area contributed by atoms with Gasteiger partial charge in [-0.05, 0) is 36.6 Å². The van der Waals surface area contributed by atoms with Crippen LogP contribution in [0.2, 0.25) is 0 Å². The van der Waals surface area contributed by atoms with Crippen molar-refractivity contribution in [2.75, 3.05) is 0 Å². The van der Waals surface area contributed by atoms with Crippen LogP contribution in [0.25, 0.3) is 5.57 Å². The van der Waals surface area contributed by atoms with Crippen LogP contribution in [-0.2, 0) is 4.79 Å². The average molecular weight is 190 g/mol. The summed E-state index contributed by atoms with van der Waals surface area (Å²) in [5.41, 5.74) is 2.17. The minimum Gasteiger partial charge on any atom is -0.294 e. The van der Waals surface area contributed by atoms with E-state index < -0.39 is 0 Å². The maximum Gasteiger partial charge on any atom is 0.163 e. The second kappa shape index (κ2) is 3.37. The lowest BCUT2D eigenvalue weighted by atomic mass is 10.0. The number of Topliss-reactive ketones (excluding diaryl/α,β-unsaturated/α-hetero) is 1. The van der Waals surface area contributed by atoms with Gasteiger partial charge in [-0.25, -0.2) is 4.39 Å². The van der Waals surface area contributed by atoms with Crippen LogP contribution in [0.5, 0.6) is 0 Å². The smallest absolute Gasteiger partial charge is 0.163 e. The minimum absolute atomic E-state index is 0.163. The number of halogens is 1. The van der Waals surface area contributed by atoms with Gasteiger partial charge in [-0.3, -0.25) is 4.79 Å². The third-order valence-corrected chi connectivity index (χ3v) is 2.49. The Labute approximate surface area is 82.3 Å². The zero-order valence-corrected chi connectivity index (χ0v) is 8.01. The summed E-state index contributed by atoms with van der Waals surface area (Å²) in [6.07, 6.45) is 3.32. The number of rotatable bonds is 1. The summed E-state index contributed by atoms with van der Waals surface area (Å²) in [5.74, 6) is -0.0594. The van der Waals surface area contributed by atoms with E-state index in [4.69, 9.17) is 0 Å². The van der Waals surface area contributed by atoms with Crippen molar-refractivity contribution in [1.29, 1.82) is 0 Å². The van der Waals surface area contributed by atoms with Crippen molar-refractivity contribution in [3.63, 3.8) is 0 Å². The molecule has 14 heavy (non-hydrogen) atoms. The molecule has 0 aliphatic heterocycles. The van der Waals surface area contributed by atoms with Gasteiger partial charge in [0.15, 0.2) is 5.78 Å². The Morgan fingerprint density at radius 1 is 1.36 bits per heavy atom. The Bertz CT molecular complexity index is 418. The highest BCUT2D eigenvalue weighted by atomic mass is 19.1. The molecule has 0 amide bonds. The van der Waals surface area contributed by atoms with Crippen molar-refractivity contribution in [2.24, 2.45) is 0 Å². The molecule has 0 N–H and O–H groups in total. The Morgan fingerprint density at radius 2 is 2.14 bits per heavy atom. The van der Waals surface area contributed by atoms with E-state index in [0.717, 1.165) is 17.6 Å². The molecule has 1 aliphatic carbocycles. The van der Waals surface area contributed by atoms with E-state index in [1.165, 1.54) is 6.07 Å². The molecule has 0 spiro atoms. The largest absolute Gasteiger partial charge is 0.294 e. The maximum atomic E-state index is 13.0. The molecular weight excluding hydrogens is 179 g/mol. The Hall–Kier alpha value is -1.44. The Balaban J connectivity index is 2.42. The van der Waals surface area contributed by atoms with Gasteiger partial charge in [-0.2, -0.15) is 0 Å². The average Bonchev–Trinajstić information content (AvgIpc) is 2.57.